The van der Waals surface area contributed by atoms with Crippen LogP contribution in [0.2, 0.25) is 10.0 Å². The Bertz CT molecular complexity index is 1290. The van der Waals surface area contributed by atoms with Gasteiger partial charge in [0, 0.05) is 27.4 Å². The summed E-state index contributed by atoms with van der Waals surface area (Å²) < 4.78 is 21.4. The van der Waals surface area contributed by atoms with Gasteiger partial charge in [-0.3, -0.25) is 9.48 Å². The van der Waals surface area contributed by atoms with E-state index in [1.54, 1.807) is 30.5 Å². The van der Waals surface area contributed by atoms with Crippen molar-refractivity contribution in [2.24, 2.45) is 0 Å². The predicted molar refractivity (Wildman–Crippen MR) is 132 cm³/mol. The van der Waals surface area contributed by atoms with Crippen LogP contribution in [0.1, 0.15) is 32.6 Å². The first-order valence-electron chi connectivity index (χ1n) is 10.6. The number of anilines is 1. The monoisotopic (exact) mass is 497 g/mol. The Labute approximate surface area is 207 Å². The molecular weight excluding hydrogens is 476 g/mol. The van der Waals surface area contributed by atoms with Crippen molar-refractivity contribution < 1.29 is 13.9 Å². The Morgan fingerprint density at radius 3 is 2.47 bits per heavy atom. The van der Waals surface area contributed by atoms with Gasteiger partial charge >= 0.3 is 0 Å². The van der Waals surface area contributed by atoms with Gasteiger partial charge in [0.25, 0.3) is 5.91 Å². The summed E-state index contributed by atoms with van der Waals surface area (Å²) in [6.45, 7) is 4.40. The van der Waals surface area contributed by atoms with Crippen LogP contribution in [-0.4, -0.2) is 15.7 Å². The molecule has 0 fully saturated rings. The summed E-state index contributed by atoms with van der Waals surface area (Å²) in [5.41, 5.74) is 4.18. The van der Waals surface area contributed by atoms with Gasteiger partial charge in [0.1, 0.15) is 18.2 Å². The largest absolute Gasteiger partial charge is 0.489 e. The number of nitrogens with one attached hydrogen (secondary N) is 1. The average molecular weight is 498 g/mol. The van der Waals surface area contributed by atoms with Crippen molar-refractivity contribution in [3.63, 3.8) is 0 Å². The first kappa shape index (κ1) is 23.8. The van der Waals surface area contributed by atoms with E-state index in [0.29, 0.717) is 28.4 Å². The number of carbonyl (C=O) groups excluding carboxylic acids is 1. The van der Waals surface area contributed by atoms with Crippen LogP contribution in [-0.2, 0) is 13.2 Å². The molecule has 174 valence electrons. The molecule has 0 aliphatic carbocycles. The Morgan fingerprint density at radius 2 is 1.79 bits per heavy atom. The lowest BCUT2D eigenvalue weighted by Gasteiger charge is -2.10. The highest BCUT2D eigenvalue weighted by atomic mass is 35.5. The van der Waals surface area contributed by atoms with E-state index in [0.717, 1.165) is 27.5 Å². The van der Waals surface area contributed by atoms with E-state index in [-0.39, 0.29) is 12.5 Å². The molecular formula is C26H22Cl2FN3O2. The van der Waals surface area contributed by atoms with Gasteiger partial charge in [0.15, 0.2) is 0 Å². The molecule has 1 amide bonds. The SMILES string of the molecule is Cc1cc(OCc2ccc(C(=O)Nc3cnn(Cc4c(F)cccc4Cl)c3)cc2)cc(C)c1Cl. The van der Waals surface area contributed by atoms with Crippen LogP contribution < -0.4 is 10.1 Å². The molecule has 1 aromatic heterocycles. The van der Waals surface area contributed by atoms with Crippen LogP contribution in [0.3, 0.4) is 0 Å². The Hall–Kier alpha value is -3.35. The van der Waals surface area contributed by atoms with Crippen molar-refractivity contribution in [3.05, 3.63) is 111 Å². The topological polar surface area (TPSA) is 56.1 Å². The van der Waals surface area contributed by atoms with Crippen LogP contribution in [0.25, 0.3) is 0 Å². The number of benzene rings is 3. The molecule has 0 saturated carbocycles. The van der Waals surface area contributed by atoms with E-state index in [2.05, 4.69) is 10.4 Å². The van der Waals surface area contributed by atoms with Crippen LogP contribution in [0.15, 0.2) is 67.0 Å². The Kier molecular flexibility index (Phi) is 7.20. The number of hydrogen-bond donors (Lipinski definition) is 1. The number of halogens is 3. The van der Waals surface area contributed by atoms with Crippen molar-refractivity contribution in [2.75, 3.05) is 5.32 Å². The van der Waals surface area contributed by atoms with Crippen LogP contribution in [0.5, 0.6) is 5.75 Å². The summed E-state index contributed by atoms with van der Waals surface area (Å²) >= 11 is 12.3. The first-order chi connectivity index (χ1) is 16.3. The van der Waals surface area contributed by atoms with Crippen molar-refractivity contribution in [1.82, 2.24) is 9.78 Å². The van der Waals surface area contributed by atoms with Crippen molar-refractivity contribution in [2.45, 2.75) is 27.0 Å². The van der Waals surface area contributed by atoms with Crippen LogP contribution in [0, 0.1) is 19.7 Å². The second kappa shape index (κ2) is 10.3. The lowest BCUT2D eigenvalue weighted by atomic mass is 10.1. The highest BCUT2D eigenvalue weighted by molar-refractivity contribution is 6.32. The molecule has 4 rings (SSSR count). The minimum absolute atomic E-state index is 0.155. The maximum absolute atomic E-state index is 14.0. The number of nitrogens with zero attached hydrogens (tertiary/aromatic N) is 2. The zero-order chi connectivity index (χ0) is 24.2. The molecule has 1 N–H and O–H groups in total. The molecule has 34 heavy (non-hydrogen) atoms. The molecule has 8 heteroatoms. The molecule has 0 aliphatic rings. The van der Waals surface area contributed by atoms with Gasteiger partial charge in [-0.1, -0.05) is 41.4 Å². The van der Waals surface area contributed by atoms with Crippen LogP contribution in [0.4, 0.5) is 10.1 Å². The molecule has 0 unspecified atom stereocenters. The zero-order valence-corrected chi connectivity index (χ0v) is 20.1. The van der Waals surface area contributed by atoms with E-state index >= 15 is 0 Å². The number of rotatable bonds is 7. The van der Waals surface area contributed by atoms with Gasteiger partial charge in [-0.2, -0.15) is 5.10 Å². The lowest BCUT2D eigenvalue weighted by molar-refractivity contribution is 0.102. The maximum atomic E-state index is 14.0. The van der Waals surface area contributed by atoms with E-state index in [1.807, 2.05) is 38.1 Å². The van der Waals surface area contributed by atoms with Gasteiger partial charge < -0.3 is 10.1 Å². The minimum atomic E-state index is -0.404. The second-order valence-corrected chi connectivity index (χ2v) is 8.72. The number of ether oxygens (including phenoxy) is 1. The second-order valence-electron chi connectivity index (χ2n) is 7.94. The van der Waals surface area contributed by atoms with Crippen LogP contribution >= 0.6 is 23.2 Å². The first-order valence-corrected chi connectivity index (χ1v) is 11.3. The van der Waals surface area contributed by atoms with Gasteiger partial charge in [-0.15, -0.1) is 0 Å². The quantitative estimate of drug-likeness (QED) is 0.304. The van der Waals surface area contributed by atoms with E-state index in [4.69, 9.17) is 27.9 Å². The highest BCUT2D eigenvalue weighted by Gasteiger charge is 2.11. The molecule has 1 heterocycles. The summed E-state index contributed by atoms with van der Waals surface area (Å²) in [5.74, 6) is 0.0637. The normalized spacial score (nSPS) is 10.9. The smallest absolute Gasteiger partial charge is 0.255 e. The molecule has 0 atom stereocenters. The maximum Gasteiger partial charge on any atom is 0.255 e. The van der Waals surface area contributed by atoms with Gasteiger partial charge in [0.2, 0.25) is 0 Å². The summed E-state index contributed by atoms with van der Waals surface area (Å²) in [7, 11) is 0. The van der Waals surface area contributed by atoms with Gasteiger partial charge in [-0.25, -0.2) is 4.39 Å². The predicted octanol–water partition coefficient (Wildman–Crippen LogP) is 6.83. The molecule has 0 aliphatic heterocycles. The highest BCUT2D eigenvalue weighted by Crippen LogP contribution is 2.26. The minimum Gasteiger partial charge on any atom is -0.489 e. The van der Waals surface area contributed by atoms with Gasteiger partial charge in [0.05, 0.1) is 18.4 Å². The summed E-state index contributed by atoms with van der Waals surface area (Å²) in [6.07, 6.45) is 3.13. The van der Waals surface area contributed by atoms with E-state index in [9.17, 15) is 9.18 Å². The van der Waals surface area contributed by atoms with Crippen molar-refractivity contribution in [1.29, 1.82) is 0 Å². The zero-order valence-electron chi connectivity index (χ0n) is 18.6. The number of aryl methyl sites for hydroxylation is 2. The van der Waals surface area contributed by atoms with Gasteiger partial charge in [-0.05, 0) is 66.9 Å². The lowest BCUT2D eigenvalue weighted by Crippen LogP contribution is -2.11. The van der Waals surface area contributed by atoms with E-state index < -0.39 is 5.82 Å². The average Bonchev–Trinajstić information content (AvgIpc) is 3.25. The van der Waals surface area contributed by atoms with Crippen molar-refractivity contribution >= 4 is 34.8 Å². The standard InChI is InChI=1S/C26H22Cl2FN3O2/c1-16-10-21(11-17(2)25(16)28)34-15-18-6-8-19(9-7-18)26(33)31-20-12-30-32(13-20)14-22-23(27)4-3-5-24(22)29/h3-13H,14-15H2,1-2H3,(H,31,33). The third-order valence-corrected chi connectivity index (χ3v) is 6.25. The Balaban J connectivity index is 1.35. The fourth-order valence-electron chi connectivity index (χ4n) is 3.47. The summed E-state index contributed by atoms with van der Waals surface area (Å²) in [6, 6.07) is 15.5. The molecule has 0 spiro atoms. The van der Waals surface area contributed by atoms with E-state index in [1.165, 1.54) is 16.9 Å². The molecule has 0 saturated heterocycles. The molecule has 0 bridgehead atoms. The molecule has 0 radical (unpaired) electrons. The number of carbonyl (C=O) groups is 1. The third-order valence-electron chi connectivity index (χ3n) is 5.30. The fourth-order valence-corrected chi connectivity index (χ4v) is 3.80. The Morgan fingerprint density at radius 1 is 1.09 bits per heavy atom. The number of hydrogen-bond acceptors (Lipinski definition) is 3. The third kappa shape index (κ3) is 5.58. The molecule has 5 nitrogen and oxygen atoms in total. The van der Waals surface area contributed by atoms with Crippen molar-refractivity contribution in [3.8, 4) is 5.75 Å². The summed E-state index contributed by atoms with van der Waals surface area (Å²) in [4.78, 5) is 12.6. The molecule has 4 aromatic rings. The number of aromatic nitrogens is 2. The molecule has 3 aromatic carbocycles. The summed E-state index contributed by atoms with van der Waals surface area (Å²) in [5, 5.41) is 8.04. The number of amides is 1. The fraction of sp³-hybridized carbons (Fsp3) is 0.154.